The Balaban J connectivity index is 1.36. The lowest BCUT2D eigenvalue weighted by Gasteiger charge is -2.34. The van der Waals surface area contributed by atoms with Gasteiger partial charge >= 0.3 is 0 Å². The summed E-state index contributed by atoms with van der Waals surface area (Å²) in [6, 6.07) is 1.82. The van der Waals surface area contributed by atoms with Gasteiger partial charge in [-0.3, -0.25) is 4.79 Å². The number of aromatic nitrogens is 4. The van der Waals surface area contributed by atoms with E-state index in [1.54, 1.807) is 24.8 Å². The summed E-state index contributed by atoms with van der Waals surface area (Å²) in [7, 11) is 0. The van der Waals surface area contributed by atoms with Gasteiger partial charge < -0.3 is 14.7 Å². The third-order valence-electron chi connectivity index (χ3n) is 4.93. The van der Waals surface area contributed by atoms with Crippen molar-refractivity contribution in [1.82, 2.24) is 24.8 Å². The van der Waals surface area contributed by atoms with Crippen molar-refractivity contribution in [2.24, 2.45) is 0 Å². The van der Waals surface area contributed by atoms with Crippen molar-refractivity contribution in [3.8, 4) is 0 Å². The first kappa shape index (κ1) is 16.7. The van der Waals surface area contributed by atoms with Gasteiger partial charge in [0.25, 0.3) is 5.91 Å². The second-order valence-electron chi connectivity index (χ2n) is 6.65. The summed E-state index contributed by atoms with van der Waals surface area (Å²) in [6.07, 6.45) is 10.2. The van der Waals surface area contributed by atoms with E-state index in [1.807, 2.05) is 11.0 Å². The lowest BCUT2D eigenvalue weighted by atomic mass is 10.1. The van der Waals surface area contributed by atoms with Gasteiger partial charge in [0, 0.05) is 64.1 Å². The third-order valence-corrected chi connectivity index (χ3v) is 4.93. The fourth-order valence-corrected chi connectivity index (χ4v) is 3.44. The molecule has 26 heavy (non-hydrogen) atoms. The van der Waals surface area contributed by atoms with Gasteiger partial charge in [-0.25, -0.2) is 19.9 Å². The van der Waals surface area contributed by atoms with Crippen LogP contribution in [0.5, 0.6) is 0 Å². The maximum absolute atomic E-state index is 12.5. The zero-order valence-corrected chi connectivity index (χ0v) is 14.8. The predicted octanol–water partition coefficient (Wildman–Crippen LogP) is 1.22. The second kappa shape index (κ2) is 7.63. The van der Waals surface area contributed by atoms with Crippen molar-refractivity contribution in [3.05, 3.63) is 36.4 Å². The third kappa shape index (κ3) is 3.58. The highest BCUT2D eigenvalue weighted by Gasteiger charge is 2.22. The Morgan fingerprint density at radius 2 is 1.27 bits per heavy atom. The predicted molar refractivity (Wildman–Crippen MR) is 98.2 cm³/mol. The van der Waals surface area contributed by atoms with E-state index in [4.69, 9.17) is 0 Å². The molecule has 0 radical (unpaired) electrons. The zero-order valence-electron chi connectivity index (χ0n) is 14.8. The van der Waals surface area contributed by atoms with Crippen LogP contribution in [0.1, 0.15) is 29.6 Å². The molecule has 2 aromatic rings. The second-order valence-corrected chi connectivity index (χ2v) is 6.65. The van der Waals surface area contributed by atoms with Crippen molar-refractivity contribution in [2.45, 2.75) is 19.3 Å². The maximum atomic E-state index is 12.5. The monoisotopic (exact) mass is 353 g/mol. The minimum atomic E-state index is 0.0438. The zero-order chi connectivity index (χ0) is 17.8. The van der Waals surface area contributed by atoms with E-state index in [0.717, 1.165) is 58.1 Å². The van der Waals surface area contributed by atoms with Gasteiger partial charge in [0.1, 0.15) is 0 Å². The highest BCUT2D eigenvalue weighted by molar-refractivity contribution is 5.93. The summed E-state index contributed by atoms with van der Waals surface area (Å²) in [4.78, 5) is 36.2. The first-order chi connectivity index (χ1) is 12.8. The highest BCUT2D eigenvalue weighted by Crippen LogP contribution is 2.16. The summed E-state index contributed by atoms with van der Waals surface area (Å²) in [5, 5.41) is 0. The molecule has 0 saturated carbocycles. The van der Waals surface area contributed by atoms with E-state index in [0.29, 0.717) is 11.5 Å². The van der Waals surface area contributed by atoms with E-state index < -0.39 is 0 Å². The molecule has 0 aliphatic carbocycles. The summed E-state index contributed by atoms with van der Waals surface area (Å²) in [5.41, 5.74) is 0.576. The van der Waals surface area contributed by atoms with Gasteiger partial charge in [0.2, 0.25) is 11.9 Å². The van der Waals surface area contributed by atoms with Crippen molar-refractivity contribution >= 4 is 17.8 Å². The molecule has 0 bridgehead atoms. The Hall–Kier alpha value is -2.77. The molecule has 4 heterocycles. The molecule has 0 aromatic carbocycles. The molecule has 0 unspecified atom stereocenters. The van der Waals surface area contributed by atoms with Crippen LogP contribution in [-0.2, 0) is 0 Å². The maximum Gasteiger partial charge on any atom is 0.256 e. The van der Waals surface area contributed by atoms with Gasteiger partial charge in [-0.2, -0.15) is 0 Å². The van der Waals surface area contributed by atoms with Crippen LogP contribution in [0.2, 0.25) is 0 Å². The lowest BCUT2D eigenvalue weighted by Crippen LogP contribution is -2.47. The molecule has 2 aliphatic heterocycles. The number of nitrogens with zero attached hydrogens (tertiary/aromatic N) is 7. The number of hydrogen-bond acceptors (Lipinski definition) is 7. The Kier molecular flexibility index (Phi) is 4.90. The van der Waals surface area contributed by atoms with Gasteiger partial charge in [-0.1, -0.05) is 0 Å². The Labute approximate surface area is 152 Å². The van der Waals surface area contributed by atoms with Crippen LogP contribution in [0, 0.1) is 0 Å². The van der Waals surface area contributed by atoms with Crippen LogP contribution in [0.25, 0.3) is 0 Å². The highest BCUT2D eigenvalue weighted by atomic mass is 16.2. The average Bonchev–Trinajstić information content (AvgIpc) is 2.75. The Morgan fingerprint density at radius 3 is 1.85 bits per heavy atom. The fraction of sp³-hybridized carbons (Fsp3) is 0.500. The molecule has 8 nitrogen and oxygen atoms in total. The number of amides is 1. The topological polar surface area (TPSA) is 78.4 Å². The fourth-order valence-electron chi connectivity index (χ4n) is 3.44. The molecular formula is C18H23N7O. The van der Waals surface area contributed by atoms with Crippen molar-refractivity contribution in [1.29, 1.82) is 0 Å². The van der Waals surface area contributed by atoms with E-state index in [9.17, 15) is 4.79 Å². The molecule has 0 spiro atoms. The van der Waals surface area contributed by atoms with Crippen LogP contribution in [-0.4, -0.2) is 70.0 Å². The largest absolute Gasteiger partial charge is 0.339 e. The van der Waals surface area contributed by atoms with Crippen LogP contribution in [0.3, 0.4) is 0 Å². The van der Waals surface area contributed by atoms with Crippen molar-refractivity contribution in [3.63, 3.8) is 0 Å². The molecular weight excluding hydrogens is 330 g/mol. The lowest BCUT2D eigenvalue weighted by molar-refractivity contribution is 0.0723. The number of likely N-dealkylation sites (tertiary alicyclic amines) is 1. The number of carbonyl (C=O) groups excluding carboxylic acids is 1. The number of hydrogen-bond donors (Lipinski definition) is 0. The minimum absolute atomic E-state index is 0.0438. The van der Waals surface area contributed by atoms with E-state index in [2.05, 4.69) is 29.7 Å². The standard InChI is InChI=1S/C18H23N7O/c26-16(23-7-2-1-3-8-23)15-13-21-18(22-14-15)25-11-9-24(10-12-25)17-19-5-4-6-20-17/h4-6,13-14H,1-3,7-12H2. The Bertz CT molecular complexity index is 723. The number of carbonyl (C=O) groups is 1. The molecule has 1 amide bonds. The molecule has 4 rings (SSSR count). The van der Waals surface area contributed by atoms with Crippen molar-refractivity contribution < 1.29 is 4.79 Å². The smallest absolute Gasteiger partial charge is 0.256 e. The van der Waals surface area contributed by atoms with Gasteiger partial charge in [-0.15, -0.1) is 0 Å². The normalized spacial score (nSPS) is 18.1. The average molecular weight is 353 g/mol. The van der Waals surface area contributed by atoms with Crippen LogP contribution >= 0.6 is 0 Å². The van der Waals surface area contributed by atoms with Crippen LogP contribution < -0.4 is 9.80 Å². The SMILES string of the molecule is O=C(c1cnc(N2CCN(c3ncccn3)CC2)nc1)N1CCCCC1. The Morgan fingerprint density at radius 1 is 0.731 bits per heavy atom. The molecule has 0 atom stereocenters. The molecule has 8 heteroatoms. The first-order valence-electron chi connectivity index (χ1n) is 9.19. The van der Waals surface area contributed by atoms with E-state index >= 15 is 0 Å². The van der Waals surface area contributed by atoms with Gasteiger partial charge in [-0.05, 0) is 25.3 Å². The summed E-state index contributed by atoms with van der Waals surface area (Å²) in [5.74, 6) is 1.48. The molecule has 0 N–H and O–H groups in total. The van der Waals surface area contributed by atoms with E-state index in [1.165, 1.54) is 6.42 Å². The van der Waals surface area contributed by atoms with Crippen LogP contribution in [0.4, 0.5) is 11.9 Å². The molecule has 2 saturated heterocycles. The van der Waals surface area contributed by atoms with Gasteiger partial charge in [0.15, 0.2) is 0 Å². The molecule has 2 aromatic heterocycles. The molecule has 136 valence electrons. The number of rotatable bonds is 3. The first-order valence-corrected chi connectivity index (χ1v) is 9.19. The molecule has 2 fully saturated rings. The summed E-state index contributed by atoms with van der Waals surface area (Å²) >= 11 is 0. The summed E-state index contributed by atoms with van der Waals surface area (Å²) < 4.78 is 0. The van der Waals surface area contributed by atoms with Crippen LogP contribution in [0.15, 0.2) is 30.9 Å². The quantitative estimate of drug-likeness (QED) is 0.821. The van der Waals surface area contributed by atoms with E-state index in [-0.39, 0.29) is 5.91 Å². The van der Waals surface area contributed by atoms with Crippen molar-refractivity contribution in [2.75, 3.05) is 49.1 Å². The van der Waals surface area contributed by atoms with Gasteiger partial charge in [0.05, 0.1) is 5.56 Å². The number of piperidine rings is 1. The minimum Gasteiger partial charge on any atom is -0.339 e. The summed E-state index contributed by atoms with van der Waals surface area (Å²) in [6.45, 7) is 4.92. The number of anilines is 2. The molecule has 2 aliphatic rings. The number of piperazine rings is 1.